The molecule has 0 aliphatic carbocycles. The molecular weight excluding hydrogens is 649 g/mol. The molecule has 1 fully saturated rings. The number of anilines is 1. The van der Waals surface area contributed by atoms with Crippen molar-refractivity contribution in [1.29, 1.82) is 0 Å². The molecule has 1 atom stereocenters. The van der Waals surface area contributed by atoms with Crippen LogP contribution in [0.1, 0.15) is 50.7 Å². The number of nitrogens with one attached hydrogen (secondary N) is 1. The number of nitrogens with zero attached hydrogens (tertiary/aromatic N) is 4. The summed E-state index contributed by atoms with van der Waals surface area (Å²) >= 11 is 1.26. The second-order valence-electron chi connectivity index (χ2n) is 11.6. The maximum absolute atomic E-state index is 14.5. The number of benzene rings is 2. The van der Waals surface area contributed by atoms with Crippen LogP contribution >= 0.6 is 11.3 Å². The first-order valence-corrected chi connectivity index (χ1v) is 18.9. The topological polar surface area (TPSA) is 165 Å². The van der Waals surface area contributed by atoms with Crippen LogP contribution in [0.3, 0.4) is 0 Å². The molecule has 2 amide bonds. The van der Waals surface area contributed by atoms with Crippen molar-refractivity contribution in [3.8, 4) is 0 Å². The van der Waals surface area contributed by atoms with E-state index in [1.54, 1.807) is 48.0 Å². The van der Waals surface area contributed by atoms with E-state index in [0.29, 0.717) is 40.4 Å². The van der Waals surface area contributed by atoms with Crippen molar-refractivity contribution in [3.05, 3.63) is 81.9 Å². The summed E-state index contributed by atoms with van der Waals surface area (Å²) in [6, 6.07) is 11.3. The Kier molecular flexibility index (Phi) is 8.52. The fraction of sp³-hybridized carbons (Fsp3) is 0.323. The SMILES string of the molecule is Cc1ccc(S(=O)(=O)n2c(C3=CCN(S(C)(=O)=O)CC3)cc3c(N4CCC[C@@H](NC(=O)c5nccs5)C4)ccc(C(N)=O)c32)cc1. The van der Waals surface area contributed by atoms with E-state index in [9.17, 15) is 26.4 Å². The molecular formula is C31H34N6O6S3. The average Bonchev–Trinajstić information content (AvgIpc) is 3.70. The van der Waals surface area contributed by atoms with Gasteiger partial charge in [0.2, 0.25) is 10.0 Å². The highest BCUT2D eigenvalue weighted by Gasteiger charge is 2.32. The van der Waals surface area contributed by atoms with Crippen LogP contribution in [0.5, 0.6) is 0 Å². The smallest absolute Gasteiger partial charge is 0.280 e. The van der Waals surface area contributed by atoms with Gasteiger partial charge < -0.3 is 16.0 Å². The number of aromatic nitrogens is 2. The highest BCUT2D eigenvalue weighted by molar-refractivity contribution is 7.90. The maximum atomic E-state index is 14.5. The summed E-state index contributed by atoms with van der Waals surface area (Å²) < 4.78 is 55.9. The van der Waals surface area contributed by atoms with Crippen molar-refractivity contribution < 1.29 is 26.4 Å². The largest absolute Gasteiger partial charge is 0.369 e. The monoisotopic (exact) mass is 682 g/mol. The van der Waals surface area contributed by atoms with Gasteiger partial charge in [0, 0.05) is 54.9 Å². The maximum Gasteiger partial charge on any atom is 0.280 e. The lowest BCUT2D eigenvalue weighted by molar-refractivity contribution is 0.0931. The normalized spacial score (nSPS) is 18.0. The lowest BCUT2D eigenvalue weighted by Crippen LogP contribution is -2.47. The molecule has 242 valence electrons. The summed E-state index contributed by atoms with van der Waals surface area (Å²) in [5.74, 6) is -1.03. The minimum absolute atomic E-state index is 0.0368. The van der Waals surface area contributed by atoms with Gasteiger partial charge in [0.1, 0.15) is 0 Å². The van der Waals surface area contributed by atoms with Crippen LogP contribution < -0.4 is 16.0 Å². The standard InChI is InChI=1S/C31H34N6O6S3/c1-20-5-7-23(8-6-20)46(42,43)37-27(21-11-15-36(16-12-21)45(2,40)41)18-25-26(10-9-24(28(25)37)29(32)38)35-14-3-4-22(19-35)34-30(39)31-33-13-17-44-31/h5-11,13,17-18,22H,3-4,12,14-16,19H2,1-2H3,(H2,32,38)(H,34,39)/t22-/m1/s1. The van der Waals surface area contributed by atoms with Crippen LogP contribution in [0.2, 0.25) is 0 Å². The first kappa shape index (κ1) is 31.9. The molecule has 1 saturated heterocycles. The number of hydrogen-bond acceptors (Lipinski definition) is 9. The Hall–Kier alpha value is -4.05. The number of hydrogen-bond donors (Lipinski definition) is 2. The highest BCUT2D eigenvalue weighted by Crippen LogP contribution is 2.39. The molecule has 0 spiro atoms. The van der Waals surface area contributed by atoms with E-state index in [-0.39, 0.29) is 47.4 Å². The van der Waals surface area contributed by atoms with Gasteiger partial charge in [-0.3, -0.25) is 9.59 Å². The third-order valence-corrected chi connectivity index (χ3v) is 12.2. The van der Waals surface area contributed by atoms with Crippen molar-refractivity contribution >= 4 is 65.4 Å². The number of rotatable bonds is 8. The van der Waals surface area contributed by atoms with E-state index in [4.69, 9.17) is 5.73 Å². The van der Waals surface area contributed by atoms with E-state index in [2.05, 4.69) is 15.2 Å². The Morgan fingerprint density at radius 2 is 1.83 bits per heavy atom. The summed E-state index contributed by atoms with van der Waals surface area (Å²) in [5.41, 5.74) is 8.61. The Bertz CT molecular complexity index is 2070. The number of fused-ring (bicyclic) bond motifs is 1. The third kappa shape index (κ3) is 6.07. The van der Waals surface area contributed by atoms with Crippen LogP contribution in [0.25, 0.3) is 16.5 Å². The molecule has 0 saturated carbocycles. The highest BCUT2D eigenvalue weighted by atomic mass is 32.2. The first-order chi connectivity index (χ1) is 21.8. The molecule has 6 rings (SSSR count). The van der Waals surface area contributed by atoms with Gasteiger partial charge in [-0.25, -0.2) is 25.8 Å². The molecule has 0 bridgehead atoms. The molecule has 2 aliphatic heterocycles. The summed E-state index contributed by atoms with van der Waals surface area (Å²) in [6.07, 6.45) is 6.23. The second kappa shape index (κ2) is 12.3. The van der Waals surface area contributed by atoms with Crippen LogP contribution in [-0.4, -0.2) is 80.4 Å². The number of amides is 2. The van der Waals surface area contributed by atoms with Crippen molar-refractivity contribution in [1.82, 2.24) is 18.6 Å². The van der Waals surface area contributed by atoms with Crippen molar-refractivity contribution in [2.24, 2.45) is 5.73 Å². The number of primary amides is 1. The Morgan fingerprint density at radius 3 is 2.46 bits per heavy atom. The molecule has 3 N–H and O–H groups in total. The van der Waals surface area contributed by atoms with Crippen molar-refractivity contribution in [2.45, 2.75) is 37.1 Å². The van der Waals surface area contributed by atoms with Gasteiger partial charge in [0.25, 0.3) is 21.8 Å². The van der Waals surface area contributed by atoms with Crippen LogP contribution in [-0.2, 0) is 20.0 Å². The molecule has 2 aromatic carbocycles. The van der Waals surface area contributed by atoms with E-state index in [1.165, 1.54) is 31.7 Å². The van der Waals surface area contributed by atoms with Gasteiger partial charge in [-0.05, 0) is 62.1 Å². The lowest BCUT2D eigenvalue weighted by Gasteiger charge is -2.35. The fourth-order valence-electron chi connectivity index (χ4n) is 6.12. The number of carbonyl (C=O) groups excluding carboxylic acids is 2. The van der Waals surface area contributed by atoms with E-state index in [0.717, 1.165) is 24.7 Å². The van der Waals surface area contributed by atoms with Gasteiger partial charge in [0.15, 0.2) is 5.01 Å². The molecule has 0 unspecified atom stereocenters. The Morgan fingerprint density at radius 1 is 1.07 bits per heavy atom. The summed E-state index contributed by atoms with van der Waals surface area (Å²) in [7, 11) is -7.71. The predicted molar refractivity (Wildman–Crippen MR) is 178 cm³/mol. The number of aryl methyl sites for hydroxylation is 1. The van der Waals surface area contributed by atoms with Crippen LogP contribution in [0.4, 0.5) is 5.69 Å². The average molecular weight is 683 g/mol. The molecule has 4 aromatic rings. The van der Waals surface area contributed by atoms with E-state index in [1.807, 2.05) is 6.92 Å². The van der Waals surface area contributed by atoms with Gasteiger partial charge in [0.05, 0.1) is 27.9 Å². The van der Waals surface area contributed by atoms with Crippen molar-refractivity contribution in [2.75, 3.05) is 37.3 Å². The van der Waals surface area contributed by atoms with E-state index >= 15 is 0 Å². The quantitative estimate of drug-likeness (QED) is 0.286. The first-order valence-electron chi connectivity index (χ1n) is 14.7. The molecule has 15 heteroatoms. The molecule has 2 aliphatic rings. The number of piperidine rings is 1. The molecule has 2 aromatic heterocycles. The van der Waals surface area contributed by atoms with Crippen LogP contribution in [0, 0.1) is 6.92 Å². The molecule has 46 heavy (non-hydrogen) atoms. The molecule has 0 radical (unpaired) electrons. The summed E-state index contributed by atoms with van der Waals surface area (Å²) in [6.45, 7) is 3.22. The molecule has 12 nitrogen and oxygen atoms in total. The Balaban J connectivity index is 1.51. The fourth-order valence-corrected chi connectivity index (χ4v) is 8.98. The van der Waals surface area contributed by atoms with Crippen LogP contribution in [0.15, 0.2) is 65.0 Å². The van der Waals surface area contributed by atoms with Gasteiger partial charge in [-0.1, -0.05) is 23.8 Å². The molecule has 4 heterocycles. The summed E-state index contributed by atoms with van der Waals surface area (Å²) in [5, 5.41) is 5.70. The third-order valence-electron chi connectivity index (χ3n) is 8.42. The zero-order chi connectivity index (χ0) is 32.8. The van der Waals surface area contributed by atoms with E-state index < -0.39 is 26.0 Å². The lowest BCUT2D eigenvalue weighted by atomic mass is 10.0. The minimum Gasteiger partial charge on any atom is -0.369 e. The van der Waals surface area contributed by atoms with Gasteiger partial charge in [-0.2, -0.15) is 4.31 Å². The number of thiazole rings is 1. The number of sulfonamides is 1. The minimum atomic E-state index is -4.26. The Labute approximate surface area is 271 Å². The summed E-state index contributed by atoms with van der Waals surface area (Å²) in [4.78, 5) is 31.8. The zero-order valence-corrected chi connectivity index (χ0v) is 27.8. The van der Waals surface area contributed by atoms with Gasteiger partial charge in [-0.15, -0.1) is 11.3 Å². The predicted octanol–water partition coefficient (Wildman–Crippen LogP) is 3.19. The number of nitrogens with two attached hydrogens (primary N) is 1. The van der Waals surface area contributed by atoms with Gasteiger partial charge >= 0.3 is 0 Å². The second-order valence-corrected chi connectivity index (χ2v) is 16.2. The number of carbonyl (C=O) groups is 2. The van der Waals surface area contributed by atoms with Crippen molar-refractivity contribution in [3.63, 3.8) is 0 Å². The zero-order valence-electron chi connectivity index (χ0n) is 25.3.